The third-order valence-corrected chi connectivity index (χ3v) is 4.53. The number of hydrogen-bond acceptors (Lipinski definition) is 4. The van der Waals surface area contributed by atoms with Crippen LogP contribution in [0.4, 0.5) is 0 Å². The molecule has 0 spiro atoms. The quantitative estimate of drug-likeness (QED) is 0.741. The Morgan fingerprint density at radius 1 is 0.714 bits per heavy atom. The van der Waals surface area contributed by atoms with Crippen molar-refractivity contribution in [1.29, 1.82) is 0 Å². The van der Waals surface area contributed by atoms with Gasteiger partial charge in [0.05, 0.1) is 11.4 Å². The highest BCUT2D eigenvalue weighted by Crippen LogP contribution is 2.31. The average Bonchev–Trinajstić information content (AvgIpc) is 2.60. The molecule has 0 aliphatic rings. The number of rotatable bonds is 1. The van der Waals surface area contributed by atoms with E-state index < -0.39 is 0 Å². The fourth-order valence-electron chi connectivity index (χ4n) is 1.13. The van der Waals surface area contributed by atoms with E-state index in [1.54, 1.807) is 22.7 Å². The summed E-state index contributed by atoms with van der Waals surface area (Å²) in [6.45, 7) is 8.29. The van der Waals surface area contributed by atoms with Crippen molar-refractivity contribution in [2.75, 3.05) is 0 Å². The van der Waals surface area contributed by atoms with Crippen LogP contribution < -0.4 is 0 Å². The Hall–Kier alpha value is -0.740. The van der Waals surface area contributed by atoms with Crippen LogP contribution in [0.5, 0.6) is 0 Å². The fraction of sp³-hybridized carbons (Fsp3) is 0.400. The molecule has 2 aromatic rings. The van der Waals surface area contributed by atoms with Crippen LogP contribution in [0, 0.1) is 27.7 Å². The molecule has 14 heavy (non-hydrogen) atoms. The van der Waals surface area contributed by atoms with E-state index in [0.717, 1.165) is 21.4 Å². The van der Waals surface area contributed by atoms with Gasteiger partial charge in [-0.2, -0.15) is 0 Å². The molecule has 0 amide bonds. The Balaban J connectivity index is 2.49. The molecule has 0 aliphatic heterocycles. The first kappa shape index (κ1) is 9.80. The Morgan fingerprint density at radius 2 is 1.07 bits per heavy atom. The van der Waals surface area contributed by atoms with Crippen molar-refractivity contribution in [1.82, 2.24) is 9.97 Å². The summed E-state index contributed by atoms with van der Waals surface area (Å²) in [5.41, 5.74) is 2.24. The third kappa shape index (κ3) is 1.60. The highest BCUT2D eigenvalue weighted by Gasteiger charge is 2.11. The van der Waals surface area contributed by atoms with Gasteiger partial charge in [-0.15, -0.1) is 22.7 Å². The van der Waals surface area contributed by atoms with Crippen LogP contribution in [0.15, 0.2) is 0 Å². The maximum atomic E-state index is 4.50. The van der Waals surface area contributed by atoms with Crippen molar-refractivity contribution in [3.8, 4) is 10.0 Å². The lowest BCUT2D eigenvalue weighted by Crippen LogP contribution is -1.76. The lowest BCUT2D eigenvalue weighted by Gasteiger charge is -1.84. The first-order valence-electron chi connectivity index (χ1n) is 4.46. The third-order valence-electron chi connectivity index (χ3n) is 2.24. The van der Waals surface area contributed by atoms with Crippen LogP contribution in [0.3, 0.4) is 0 Å². The first-order chi connectivity index (χ1) is 6.58. The molecule has 0 fully saturated rings. The summed E-state index contributed by atoms with van der Waals surface area (Å²) in [6, 6.07) is 0. The molecule has 0 radical (unpaired) electrons. The van der Waals surface area contributed by atoms with E-state index in [4.69, 9.17) is 0 Å². The van der Waals surface area contributed by atoms with Crippen LogP contribution >= 0.6 is 22.7 Å². The number of nitrogens with zero attached hydrogens (tertiary/aromatic N) is 2. The molecule has 0 saturated carbocycles. The molecular formula is C10H12N2S2. The monoisotopic (exact) mass is 224 g/mol. The van der Waals surface area contributed by atoms with E-state index in [-0.39, 0.29) is 0 Å². The van der Waals surface area contributed by atoms with Gasteiger partial charge in [0.25, 0.3) is 0 Å². The van der Waals surface area contributed by atoms with Crippen LogP contribution in [-0.2, 0) is 0 Å². The van der Waals surface area contributed by atoms with Gasteiger partial charge >= 0.3 is 0 Å². The second-order valence-corrected chi connectivity index (χ2v) is 5.73. The first-order valence-corrected chi connectivity index (χ1v) is 6.09. The second-order valence-electron chi connectivity index (χ2n) is 3.32. The van der Waals surface area contributed by atoms with Gasteiger partial charge < -0.3 is 0 Å². The molecule has 2 heterocycles. The molecule has 0 saturated heterocycles. The molecule has 0 unspecified atom stereocenters. The minimum Gasteiger partial charge on any atom is -0.239 e. The molecule has 0 atom stereocenters. The lowest BCUT2D eigenvalue weighted by molar-refractivity contribution is 1.20. The normalized spacial score (nSPS) is 10.9. The molecular weight excluding hydrogens is 212 g/mol. The van der Waals surface area contributed by atoms with Crippen molar-refractivity contribution in [3.05, 3.63) is 21.1 Å². The van der Waals surface area contributed by atoms with E-state index in [2.05, 4.69) is 23.8 Å². The maximum absolute atomic E-state index is 4.50. The Kier molecular flexibility index (Phi) is 2.41. The number of aromatic nitrogens is 2. The lowest BCUT2D eigenvalue weighted by atomic mass is 10.4. The summed E-state index contributed by atoms with van der Waals surface area (Å²) in [5, 5.41) is 2.11. The van der Waals surface area contributed by atoms with Gasteiger partial charge in [-0.1, -0.05) is 0 Å². The fourth-order valence-corrected chi connectivity index (χ4v) is 2.98. The summed E-state index contributed by atoms with van der Waals surface area (Å²) in [4.78, 5) is 11.6. The summed E-state index contributed by atoms with van der Waals surface area (Å²) in [6.07, 6.45) is 0. The van der Waals surface area contributed by atoms with Gasteiger partial charge in [-0.05, 0) is 27.7 Å². The Morgan fingerprint density at radius 3 is 1.29 bits per heavy atom. The van der Waals surface area contributed by atoms with E-state index in [0.29, 0.717) is 0 Å². The predicted octanol–water partition coefficient (Wildman–Crippen LogP) is 3.50. The molecule has 2 rings (SSSR count). The largest absolute Gasteiger partial charge is 0.239 e. The van der Waals surface area contributed by atoms with E-state index in [9.17, 15) is 0 Å². The number of hydrogen-bond donors (Lipinski definition) is 0. The smallest absolute Gasteiger partial charge is 0.152 e. The van der Waals surface area contributed by atoms with Crippen molar-refractivity contribution in [2.24, 2.45) is 0 Å². The Bertz CT molecular complexity index is 385. The van der Waals surface area contributed by atoms with Crippen molar-refractivity contribution < 1.29 is 0 Å². The van der Waals surface area contributed by atoms with Crippen molar-refractivity contribution in [3.63, 3.8) is 0 Å². The van der Waals surface area contributed by atoms with Gasteiger partial charge in [0.1, 0.15) is 0 Å². The zero-order valence-corrected chi connectivity index (χ0v) is 10.3. The van der Waals surface area contributed by atoms with Gasteiger partial charge in [0.2, 0.25) is 0 Å². The molecule has 0 bridgehead atoms. The molecule has 0 N–H and O–H groups in total. The molecule has 2 nitrogen and oxygen atoms in total. The Labute approximate surface area is 91.7 Å². The molecule has 4 heteroatoms. The predicted molar refractivity (Wildman–Crippen MR) is 62.2 cm³/mol. The van der Waals surface area contributed by atoms with E-state index in [1.165, 1.54) is 9.75 Å². The average molecular weight is 224 g/mol. The highest BCUT2D eigenvalue weighted by atomic mass is 32.1. The minimum absolute atomic E-state index is 1.06. The second kappa shape index (κ2) is 3.44. The standard InChI is InChI=1S/C10H12N2S2/c1-5-7(3)13-9(11-5)10-12-6(2)8(4)14-10/h1-4H3. The highest BCUT2D eigenvalue weighted by molar-refractivity contribution is 7.21. The van der Waals surface area contributed by atoms with Crippen LogP contribution in [0.2, 0.25) is 0 Å². The molecule has 74 valence electrons. The molecule has 2 aromatic heterocycles. The van der Waals surface area contributed by atoms with Crippen molar-refractivity contribution >= 4 is 22.7 Å². The molecule has 0 aromatic carbocycles. The van der Waals surface area contributed by atoms with E-state index >= 15 is 0 Å². The number of thiazole rings is 2. The van der Waals surface area contributed by atoms with Crippen LogP contribution in [0.1, 0.15) is 21.1 Å². The topological polar surface area (TPSA) is 25.8 Å². The summed E-state index contributed by atoms with van der Waals surface area (Å²) < 4.78 is 0. The molecule has 0 aliphatic carbocycles. The van der Waals surface area contributed by atoms with Crippen LogP contribution in [0.25, 0.3) is 10.0 Å². The minimum atomic E-state index is 1.06. The summed E-state index contributed by atoms with van der Waals surface area (Å²) >= 11 is 3.45. The SMILES string of the molecule is Cc1nc(-c2nc(C)c(C)s2)sc1C. The van der Waals surface area contributed by atoms with E-state index in [1.807, 2.05) is 13.8 Å². The maximum Gasteiger partial charge on any atom is 0.152 e. The zero-order chi connectivity index (χ0) is 10.3. The van der Waals surface area contributed by atoms with Crippen LogP contribution in [-0.4, -0.2) is 9.97 Å². The number of aryl methyl sites for hydroxylation is 4. The van der Waals surface area contributed by atoms with Gasteiger partial charge in [0, 0.05) is 9.75 Å². The van der Waals surface area contributed by atoms with Crippen molar-refractivity contribution in [2.45, 2.75) is 27.7 Å². The zero-order valence-electron chi connectivity index (χ0n) is 8.71. The van der Waals surface area contributed by atoms with Gasteiger partial charge in [0.15, 0.2) is 10.0 Å². The van der Waals surface area contributed by atoms with Gasteiger partial charge in [-0.25, -0.2) is 9.97 Å². The summed E-state index contributed by atoms with van der Waals surface area (Å²) in [5.74, 6) is 0. The van der Waals surface area contributed by atoms with Gasteiger partial charge in [-0.3, -0.25) is 0 Å². The summed E-state index contributed by atoms with van der Waals surface area (Å²) in [7, 11) is 0.